The average Bonchev–Trinajstić information content (AvgIpc) is 3.29. The molecule has 3 aliphatic rings. The molecule has 9 nitrogen and oxygen atoms in total. The maximum atomic E-state index is 12.9. The van der Waals surface area contributed by atoms with Crippen LogP contribution < -0.4 is 5.32 Å². The van der Waals surface area contributed by atoms with Crippen LogP contribution in [0.15, 0.2) is 11.2 Å². The number of sulfonamides is 1. The van der Waals surface area contributed by atoms with Gasteiger partial charge in [0.2, 0.25) is 0 Å². The van der Waals surface area contributed by atoms with Crippen molar-refractivity contribution in [1.29, 1.82) is 0 Å². The minimum atomic E-state index is -3.60. The van der Waals surface area contributed by atoms with Crippen LogP contribution in [0.5, 0.6) is 0 Å². The predicted octanol–water partition coefficient (Wildman–Crippen LogP) is 0.157. The highest BCUT2D eigenvalue weighted by molar-refractivity contribution is 7.89. The van der Waals surface area contributed by atoms with Crippen LogP contribution in [-0.4, -0.2) is 77.6 Å². The Bertz CT molecular complexity index is 800. The molecule has 0 aliphatic carbocycles. The molecule has 3 saturated heterocycles. The maximum Gasteiger partial charge on any atom is 0.410 e. The molecule has 1 N–H and O–H groups in total. The van der Waals surface area contributed by atoms with Crippen molar-refractivity contribution in [1.82, 2.24) is 24.1 Å². The average molecular weight is 383 g/mol. The second-order valence-electron chi connectivity index (χ2n) is 7.10. The van der Waals surface area contributed by atoms with Gasteiger partial charge in [0.15, 0.2) is 5.03 Å². The number of fused-ring (bicyclic) bond motifs is 1. The quantitative estimate of drug-likeness (QED) is 0.795. The second-order valence-corrected chi connectivity index (χ2v) is 8.99. The van der Waals surface area contributed by atoms with Crippen molar-refractivity contribution in [3.05, 3.63) is 12.0 Å². The van der Waals surface area contributed by atoms with E-state index < -0.39 is 10.0 Å². The van der Waals surface area contributed by atoms with Crippen molar-refractivity contribution in [2.45, 2.75) is 56.4 Å². The Kier molecular flexibility index (Phi) is 4.44. The molecule has 2 atom stereocenters. The lowest BCUT2D eigenvalue weighted by atomic mass is 10.0. The Morgan fingerprint density at radius 1 is 1.31 bits per heavy atom. The third kappa shape index (κ3) is 2.80. The van der Waals surface area contributed by atoms with Gasteiger partial charge in [-0.3, -0.25) is 4.90 Å². The largest absolute Gasteiger partial charge is 0.442 e. The topological polar surface area (TPSA) is 96.8 Å². The lowest BCUT2D eigenvalue weighted by Crippen LogP contribution is -2.50. The van der Waals surface area contributed by atoms with E-state index in [1.165, 1.54) is 4.31 Å². The fraction of sp³-hybridized carbons (Fsp3) is 0.750. The van der Waals surface area contributed by atoms with Gasteiger partial charge in [-0.15, -0.1) is 0 Å². The highest BCUT2D eigenvalue weighted by Gasteiger charge is 2.48. The molecular formula is C16H25N5O4S. The third-order valence-electron chi connectivity index (χ3n) is 5.66. The maximum absolute atomic E-state index is 12.9. The zero-order valence-corrected chi connectivity index (χ0v) is 15.9. The minimum Gasteiger partial charge on any atom is -0.442 e. The zero-order valence-electron chi connectivity index (χ0n) is 15.1. The van der Waals surface area contributed by atoms with E-state index in [9.17, 15) is 13.2 Å². The van der Waals surface area contributed by atoms with E-state index >= 15 is 0 Å². The molecule has 3 aliphatic heterocycles. The number of piperidine rings is 1. The summed E-state index contributed by atoms with van der Waals surface area (Å²) in [6.07, 6.45) is 2.49. The fourth-order valence-corrected chi connectivity index (χ4v) is 5.66. The van der Waals surface area contributed by atoms with E-state index in [1.54, 1.807) is 13.1 Å². The Balaban J connectivity index is 1.45. The van der Waals surface area contributed by atoms with Crippen molar-refractivity contribution < 1.29 is 17.9 Å². The summed E-state index contributed by atoms with van der Waals surface area (Å²) in [5.74, 6) is 0.695. The van der Waals surface area contributed by atoms with Gasteiger partial charge < -0.3 is 14.6 Å². The van der Waals surface area contributed by atoms with E-state index in [0.29, 0.717) is 44.8 Å². The van der Waals surface area contributed by atoms with Crippen molar-refractivity contribution in [3.8, 4) is 0 Å². The first kappa shape index (κ1) is 17.7. The van der Waals surface area contributed by atoms with Crippen molar-refractivity contribution in [3.63, 3.8) is 0 Å². The zero-order chi connectivity index (χ0) is 18.5. The SMILES string of the molecule is CCn1cc(S(=O)(=O)N2CCC(N3C(=O)O[C@H]4CNC[C@H]43)CC2)nc1C. The number of aryl methyl sites for hydroxylation is 2. The molecule has 10 heteroatoms. The molecule has 26 heavy (non-hydrogen) atoms. The summed E-state index contributed by atoms with van der Waals surface area (Å²) >= 11 is 0. The molecule has 1 aromatic heterocycles. The minimum absolute atomic E-state index is 0.0267. The van der Waals surface area contributed by atoms with Crippen LogP contribution in [0.3, 0.4) is 0 Å². The highest BCUT2D eigenvalue weighted by Crippen LogP contribution is 2.30. The number of aromatic nitrogens is 2. The van der Waals surface area contributed by atoms with Crippen LogP contribution in [0.2, 0.25) is 0 Å². The lowest BCUT2D eigenvalue weighted by molar-refractivity contribution is 0.117. The van der Waals surface area contributed by atoms with Crippen LogP contribution in [0.25, 0.3) is 0 Å². The summed E-state index contributed by atoms with van der Waals surface area (Å²) in [5.41, 5.74) is 0. The first-order valence-corrected chi connectivity index (χ1v) is 10.6. The standard InChI is InChI=1S/C16H25N5O4S/c1-3-19-10-15(18-11(19)2)26(23,24)20-6-4-12(5-7-20)21-13-8-17-9-14(13)25-16(21)22/h10,12-14,17H,3-9H2,1-2H3/t13-,14+/m1/s1. The first-order valence-electron chi connectivity index (χ1n) is 9.15. The van der Waals surface area contributed by atoms with Gasteiger partial charge >= 0.3 is 6.09 Å². The van der Waals surface area contributed by atoms with E-state index in [1.807, 2.05) is 16.4 Å². The van der Waals surface area contributed by atoms with E-state index in [-0.39, 0.29) is 29.3 Å². The number of nitrogens with zero attached hydrogens (tertiary/aromatic N) is 4. The number of nitrogens with one attached hydrogen (secondary N) is 1. The fourth-order valence-electron chi connectivity index (χ4n) is 4.20. The van der Waals surface area contributed by atoms with E-state index in [0.717, 1.165) is 6.54 Å². The molecule has 0 spiro atoms. The molecule has 4 heterocycles. The molecule has 3 fully saturated rings. The van der Waals surface area contributed by atoms with Crippen molar-refractivity contribution in [2.75, 3.05) is 26.2 Å². The highest BCUT2D eigenvalue weighted by atomic mass is 32.2. The number of hydrogen-bond donors (Lipinski definition) is 1. The van der Waals surface area contributed by atoms with Crippen LogP contribution in [0, 0.1) is 6.92 Å². The summed E-state index contributed by atoms with van der Waals surface area (Å²) < 4.78 is 34.5. The molecule has 1 amide bonds. The van der Waals surface area contributed by atoms with Crippen molar-refractivity contribution in [2.24, 2.45) is 0 Å². The van der Waals surface area contributed by atoms with Crippen LogP contribution in [0.4, 0.5) is 4.79 Å². The number of ether oxygens (including phenoxy) is 1. The number of carbonyl (C=O) groups excluding carboxylic acids is 1. The summed E-state index contributed by atoms with van der Waals surface area (Å²) in [4.78, 5) is 18.2. The van der Waals surface area contributed by atoms with Gasteiger partial charge in [0.1, 0.15) is 11.9 Å². The third-order valence-corrected chi connectivity index (χ3v) is 7.43. The van der Waals surface area contributed by atoms with Gasteiger partial charge in [0.05, 0.1) is 6.04 Å². The molecule has 4 rings (SSSR count). The van der Waals surface area contributed by atoms with Gasteiger partial charge in [0.25, 0.3) is 10.0 Å². The number of amides is 1. The second kappa shape index (κ2) is 6.50. The van der Waals surface area contributed by atoms with Gasteiger partial charge in [-0.2, -0.15) is 4.31 Å². The summed E-state index contributed by atoms with van der Waals surface area (Å²) in [5, 5.41) is 3.35. The lowest BCUT2D eigenvalue weighted by Gasteiger charge is -2.36. The summed E-state index contributed by atoms with van der Waals surface area (Å²) in [6, 6.07) is 0.0948. The van der Waals surface area contributed by atoms with Gasteiger partial charge in [-0.25, -0.2) is 18.2 Å². The Morgan fingerprint density at radius 3 is 2.69 bits per heavy atom. The molecule has 0 unspecified atom stereocenters. The first-order chi connectivity index (χ1) is 12.4. The Hall–Kier alpha value is -1.65. The molecular weight excluding hydrogens is 358 g/mol. The van der Waals surface area contributed by atoms with E-state index in [4.69, 9.17) is 4.74 Å². The number of carbonyl (C=O) groups is 1. The normalized spacial score (nSPS) is 27.8. The molecule has 0 aromatic carbocycles. The number of imidazole rings is 1. The number of rotatable bonds is 4. The Labute approximate surface area is 153 Å². The molecule has 1 aromatic rings. The summed E-state index contributed by atoms with van der Waals surface area (Å²) in [6.45, 7) is 6.65. The molecule has 144 valence electrons. The van der Waals surface area contributed by atoms with E-state index in [2.05, 4.69) is 10.3 Å². The van der Waals surface area contributed by atoms with Crippen LogP contribution in [0.1, 0.15) is 25.6 Å². The van der Waals surface area contributed by atoms with Crippen LogP contribution in [-0.2, 0) is 21.3 Å². The van der Waals surface area contributed by atoms with Crippen LogP contribution >= 0.6 is 0 Å². The smallest absolute Gasteiger partial charge is 0.410 e. The predicted molar refractivity (Wildman–Crippen MR) is 93.2 cm³/mol. The summed E-state index contributed by atoms with van der Waals surface area (Å²) in [7, 11) is -3.60. The molecule has 0 bridgehead atoms. The molecule has 0 radical (unpaired) electrons. The number of hydrogen-bond acceptors (Lipinski definition) is 6. The van der Waals surface area contributed by atoms with Crippen molar-refractivity contribution >= 4 is 16.1 Å². The van der Waals surface area contributed by atoms with Gasteiger partial charge in [-0.1, -0.05) is 0 Å². The Morgan fingerprint density at radius 2 is 2.04 bits per heavy atom. The van der Waals surface area contributed by atoms with Gasteiger partial charge in [0, 0.05) is 45.0 Å². The molecule has 0 saturated carbocycles. The monoisotopic (exact) mass is 383 g/mol. The van der Waals surface area contributed by atoms with Gasteiger partial charge in [-0.05, 0) is 26.7 Å².